The van der Waals surface area contributed by atoms with Crippen LogP contribution in [0.3, 0.4) is 0 Å². The third kappa shape index (κ3) is 3.12. The van der Waals surface area contributed by atoms with E-state index >= 15 is 0 Å². The van der Waals surface area contributed by atoms with Crippen LogP contribution in [-0.2, 0) is 9.53 Å². The first kappa shape index (κ1) is 14.0. The van der Waals surface area contributed by atoms with Crippen LogP contribution < -0.4 is 0 Å². The summed E-state index contributed by atoms with van der Waals surface area (Å²) in [5.74, 6) is 0. The maximum Gasteiger partial charge on any atom is 0.127 e. The fraction of sp³-hybridized carbons (Fsp3) is 0.933. The lowest BCUT2D eigenvalue weighted by molar-refractivity contribution is -0.123. The third-order valence-electron chi connectivity index (χ3n) is 4.67. The van der Waals surface area contributed by atoms with Gasteiger partial charge in [0.05, 0.1) is 12.7 Å². The van der Waals surface area contributed by atoms with Gasteiger partial charge in [-0.2, -0.15) is 0 Å². The average molecular weight is 253 g/mol. The van der Waals surface area contributed by atoms with Gasteiger partial charge >= 0.3 is 0 Å². The molecule has 0 amide bonds. The molecule has 1 saturated carbocycles. The highest BCUT2D eigenvalue weighted by molar-refractivity contribution is 5.60. The van der Waals surface area contributed by atoms with Gasteiger partial charge in [0.25, 0.3) is 0 Å². The molecule has 0 aromatic rings. The molecule has 0 N–H and O–H groups in total. The van der Waals surface area contributed by atoms with Gasteiger partial charge in [0.1, 0.15) is 6.29 Å². The van der Waals surface area contributed by atoms with Crippen LogP contribution >= 0.6 is 0 Å². The monoisotopic (exact) mass is 253 g/mol. The van der Waals surface area contributed by atoms with E-state index in [2.05, 4.69) is 18.7 Å². The van der Waals surface area contributed by atoms with Gasteiger partial charge in [-0.25, -0.2) is 0 Å². The second-order valence-corrected chi connectivity index (χ2v) is 6.18. The summed E-state index contributed by atoms with van der Waals surface area (Å²) in [6.07, 6.45) is 8.56. The molecule has 2 fully saturated rings. The Kier molecular flexibility index (Phi) is 4.79. The lowest BCUT2D eigenvalue weighted by atomic mass is 9.74. The Morgan fingerprint density at radius 3 is 2.67 bits per heavy atom. The number of aldehydes is 1. The Labute approximate surface area is 111 Å². The molecule has 2 rings (SSSR count). The first-order valence-electron chi connectivity index (χ1n) is 7.51. The van der Waals surface area contributed by atoms with E-state index in [9.17, 15) is 4.79 Å². The third-order valence-corrected chi connectivity index (χ3v) is 4.67. The molecular formula is C15H27NO2. The van der Waals surface area contributed by atoms with E-state index < -0.39 is 0 Å². The predicted molar refractivity (Wildman–Crippen MR) is 72.6 cm³/mol. The van der Waals surface area contributed by atoms with Crippen molar-refractivity contribution in [2.45, 2.75) is 64.5 Å². The Morgan fingerprint density at radius 1 is 1.33 bits per heavy atom. The van der Waals surface area contributed by atoms with Crippen molar-refractivity contribution >= 4 is 6.29 Å². The van der Waals surface area contributed by atoms with Gasteiger partial charge in [-0.15, -0.1) is 0 Å². The number of morpholine rings is 1. The van der Waals surface area contributed by atoms with E-state index in [0.29, 0.717) is 12.1 Å². The number of hydrogen-bond donors (Lipinski definition) is 0. The fourth-order valence-corrected chi connectivity index (χ4v) is 3.46. The lowest BCUT2D eigenvalue weighted by Crippen LogP contribution is -2.53. The quantitative estimate of drug-likeness (QED) is 0.721. The fourth-order valence-electron chi connectivity index (χ4n) is 3.46. The van der Waals surface area contributed by atoms with E-state index in [1.165, 1.54) is 25.5 Å². The minimum absolute atomic E-state index is 0.0667. The van der Waals surface area contributed by atoms with Crippen molar-refractivity contribution < 1.29 is 9.53 Å². The van der Waals surface area contributed by atoms with Crippen LogP contribution in [0.4, 0.5) is 0 Å². The van der Waals surface area contributed by atoms with Crippen LogP contribution in [0.2, 0.25) is 0 Å². The SMILES string of the molecule is CCC1COC(C)CN1CC1(C=O)CCCCC1. The summed E-state index contributed by atoms with van der Waals surface area (Å²) in [4.78, 5) is 14.1. The van der Waals surface area contributed by atoms with E-state index in [0.717, 1.165) is 39.0 Å². The van der Waals surface area contributed by atoms with Gasteiger partial charge in [-0.05, 0) is 26.2 Å². The Bertz CT molecular complexity index is 274. The zero-order valence-corrected chi connectivity index (χ0v) is 11.9. The molecule has 0 radical (unpaired) electrons. The number of hydrogen-bond acceptors (Lipinski definition) is 3. The molecule has 0 aromatic carbocycles. The molecule has 0 bridgehead atoms. The van der Waals surface area contributed by atoms with Crippen molar-refractivity contribution in [3.8, 4) is 0 Å². The summed E-state index contributed by atoms with van der Waals surface area (Å²) in [5, 5.41) is 0. The Hall–Kier alpha value is -0.410. The van der Waals surface area contributed by atoms with E-state index in [1.807, 2.05) is 0 Å². The minimum Gasteiger partial charge on any atom is -0.376 e. The molecule has 1 aliphatic heterocycles. The summed E-state index contributed by atoms with van der Waals surface area (Å²) >= 11 is 0. The molecule has 0 aromatic heterocycles. The van der Waals surface area contributed by atoms with Gasteiger partial charge in [0.15, 0.2) is 0 Å². The van der Waals surface area contributed by atoms with Gasteiger partial charge in [0.2, 0.25) is 0 Å². The molecule has 3 heteroatoms. The summed E-state index contributed by atoms with van der Waals surface area (Å²) in [5.41, 5.74) is -0.0667. The molecule has 1 aliphatic carbocycles. The maximum atomic E-state index is 11.6. The first-order chi connectivity index (χ1) is 8.69. The summed E-state index contributed by atoms with van der Waals surface area (Å²) in [6, 6.07) is 0.500. The van der Waals surface area contributed by atoms with Gasteiger partial charge in [-0.3, -0.25) is 4.90 Å². The molecule has 1 saturated heterocycles. The van der Waals surface area contributed by atoms with Crippen molar-refractivity contribution in [2.75, 3.05) is 19.7 Å². The standard InChI is InChI=1S/C15H27NO2/c1-3-14-10-18-13(2)9-16(14)11-15(12-17)7-5-4-6-8-15/h12-14H,3-11H2,1-2H3. The van der Waals surface area contributed by atoms with Crippen molar-refractivity contribution in [1.82, 2.24) is 4.90 Å². The molecule has 3 nitrogen and oxygen atoms in total. The van der Waals surface area contributed by atoms with Crippen molar-refractivity contribution in [2.24, 2.45) is 5.41 Å². The first-order valence-corrected chi connectivity index (χ1v) is 7.51. The number of ether oxygens (including phenoxy) is 1. The van der Waals surface area contributed by atoms with Crippen LogP contribution in [0, 0.1) is 5.41 Å². The largest absolute Gasteiger partial charge is 0.376 e. The molecule has 0 spiro atoms. The zero-order valence-electron chi connectivity index (χ0n) is 11.9. The molecule has 2 unspecified atom stereocenters. The van der Waals surface area contributed by atoms with Crippen LogP contribution in [-0.4, -0.2) is 43.0 Å². The van der Waals surface area contributed by atoms with Crippen LogP contribution in [0.5, 0.6) is 0 Å². The second-order valence-electron chi connectivity index (χ2n) is 6.18. The van der Waals surface area contributed by atoms with Crippen LogP contribution in [0.15, 0.2) is 0 Å². The van der Waals surface area contributed by atoms with Gasteiger partial charge in [0, 0.05) is 24.5 Å². The summed E-state index contributed by atoms with van der Waals surface area (Å²) in [7, 11) is 0. The zero-order chi connectivity index (χ0) is 13.0. The van der Waals surface area contributed by atoms with Gasteiger partial charge < -0.3 is 9.53 Å². The van der Waals surface area contributed by atoms with E-state index in [4.69, 9.17) is 4.74 Å². The molecule has 2 aliphatic rings. The molecular weight excluding hydrogens is 226 g/mol. The maximum absolute atomic E-state index is 11.6. The number of rotatable bonds is 4. The normalized spacial score (nSPS) is 33.2. The van der Waals surface area contributed by atoms with Crippen LogP contribution in [0.1, 0.15) is 52.4 Å². The molecule has 18 heavy (non-hydrogen) atoms. The van der Waals surface area contributed by atoms with E-state index in [1.54, 1.807) is 0 Å². The number of nitrogens with zero attached hydrogens (tertiary/aromatic N) is 1. The Balaban J connectivity index is 2.01. The van der Waals surface area contributed by atoms with Crippen molar-refractivity contribution in [1.29, 1.82) is 0 Å². The van der Waals surface area contributed by atoms with E-state index in [-0.39, 0.29) is 5.41 Å². The number of carbonyl (C=O) groups excluding carboxylic acids is 1. The lowest BCUT2D eigenvalue weighted by Gasteiger charge is -2.44. The molecule has 1 heterocycles. The summed E-state index contributed by atoms with van der Waals surface area (Å²) < 4.78 is 5.74. The summed E-state index contributed by atoms with van der Waals surface area (Å²) in [6.45, 7) is 7.10. The second kappa shape index (κ2) is 6.16. The van der Waals surface area contributed by atoms with Crippen molar-refractivity contribution in [3.05, 3.63) is 0 Å². The highest BCUT2D eigenvalue weighted by Crippen LogP contribution is 2.36. The highest BCUT2D eigenvalue weighted by atomic mass is 16.5. The smallest absolute Gasteiger partial charge is 0.127 e. The van der Waals surface area contributed by atoms with Crippen molar-refractivity contribution in [3.63, 3.8) is 0 Å². The van der Waals surface area contributed by atoms with Gasteiger partial charge in [-0.1, -0.05) is 26.2 Å². The van der Waals surface area contributed by atoms with Crippen LogP contribution in [0.25, 0.3) is 0 Å². The minimum atomic E-state index is -0.0667. The Morgan fingerprint density at radius 2 is 2.06 bits per heavy atom. The highest BCUT2D eigenvalue weighted by Gasteiger charge is 2.37. The molecule has 104 valence electrons. The predicted octanol–water partition coefficient (Wildman–Crippen LogP) is 2.64. The average Bonchev–Trinajstić information content (AvgIpc) is 2.40. The molecule has 2 atom stereocenters. The number of carbonyl (C=O) groups is 1. The topological polar surface area (TPSA) is 29.5 Å².